The fraction of sp³-hybridized carbons (Fsp3) is 1.00. The molecule has 0 aromatic rings. The van der Waals surface area contributed by atoms with Crippen LogP contribution in [0.2, 0.25) is 0 Å². The highest BCUT2D eigenvalue weighted by atomic mass is 16.5. The monoisotopic (exact) mass is 183 g/mol. The highest BCUT2D eigenvalue weighted by molar-refractivity contribution is 4.89. The predicted molar refractivity (Wildman–Crippen MR) is 53.5 cm³/mol. The van der Waals surface area contributed by atoms with E-state index < -0.39 is 0 Å². The van der Waals surface area contributed by atoms with Gasteiger partial charge in [0.05, 0.1) is 0 Å². The van der Waals surface area contributed by atoms with Gasteiger partial charge in [0.1, 0.15) is 0 Å². The zero-order valence-corrected chi connectivity index (χ0v) is 8.43. The number of nitrogens with two attached hydrogens (primary N) is 1. The Morgan fingerprint density at radius 1 is 1.31 bits per heavy atom. The number of ether oxygens (including phenoxy) is 1. The predicted octanol–water partition coefficient (Wildman–Crippen LogP) is 2.07. The van der Waals surface area contributed by atoms with Crippen molar-refractivity contribution in [3.8, 4) is 0 Å². The second kappa shape index (κ2) is 3.97. The van der Waals surface area contributed by atoms with Gasteiger partial charge in [-0.05, 0) is 38.0 Å². The molecule has 1 aliphatic carbocycles. The van der Waals surface area contributed by atoms with Crippen LogP contribution in [0, 0.1) is 5.92 Å². The molecule has 0 amide bonds. The Bertz CT molecular complexity index is 157. The van der Waals surface area contributed by atoms with Crippen LogP contribution in [0.3, 0.4) is 0 Å². The highest BCUT2D eigenvalue weighted by Crippen LogP contribution is 2.33. The Hall–Kier alpha value is -0.0800. The quantitative estimate of drug-likeness (QED) is 0.727. The lowest BCUT2D eigenvalue weighted by atomic mass is 9.88. The first kappa shape index (κ1) is 9.47. The molecular weight excluding hydrogens is 162 g/mol. The van der Waals surface area contributed by atoms with E-state index >= 15 is 0 Å². The van der Waals surface area contributed by atoms with Crippen molar-refractivity contribution < 1.29 is 4.74 Å². The third-order valence-corrected chi connectivity index (χ3v) is 3.67. The molecule has 2 N–H and O–H groups in total. The van der Waals surface area contributed by atoms with E-state index in [0.29, 0.717) is 0 Å². The van der Waals surface area contributed by atoms with E-state index in [1.807, 2.05) is 0 Å². The lowest BCUT2D eigenvalue weighted by Crippen LogP contribution is -2.36. The molecule has 1 unspecified atom stereocenters. The summed E-state index contributed by atoms with van der Waals surface area (Å²) in [6.45, 7) is 1.96. The van der Waals surface area contributed by atoms with Crippen molar-refractivity contribution >= 4 is 0 Å². The van der Waals surface area contributed by atoms with Crippen molar-refractivity contribution in [3.05, 3.63) is 0 Å². The molecule has 13 heavy (non-hydrogen) atoms. The molecule has 0 aromatic heterocycles. The summed E-state index contributed by atoms with van der Waals surface area (Å²) in [5, 5.41) is 0. The molecule has 0 radical (unpaired) electrons. The van der Waals surface area contributed by atoms with E-state index in [1.165, 1.54) is 44.9 Å². The van der Waals surface area contributed by atoms with Crippen molar-refractivity contribution in [2.75, 3.05) is 13.2 Å². The summed E-state index contributed by atoms with van der Waals surface area (Å²) in [6, 6.07) is 0. The maximum Gasteiger partial charge on any atom is 0.0495 e. The molecular formula is C11H21NO. The van der Waals surface area contributed by atoms with Crippen LogP contribution < -0.4 is 5.73 Å². The molecule has 1 aliphatic heterocycles. The molecule has 1 heterocycles. The van der Waals surface area contributed by atoms with Crippen LogP contribution in [-0.2, 0) is 4.74 Å². The third-order valence-electron chi connectivity index (χ3n) is 3.67. The van der Waals surface area contributed by atoms with Crippen LogP contribution in [0.25, 0.3) is 0 Å². The normalized spacial score (nSPS) is 32.5. The van der Waals surface area contributed by atoms with E-state index in [2.05, 4.69) is 0 Å². The second-order valence-electron chi connectivity index (χ2n) is 4.84. The van der Waals surface area contributed by atoms with E-state index in [9.17, 15) is 0 Å². The zero-order chi connectivity index (χ0) is 9.15. The molecule has 2 aliphatic rings. The molecule has 2 heteroatoms. The summed E-state index contributed by atoms with van der Waals surface area (Å²) in [4.78, 5) is 0. The summed E-state index contributed by atoms with van der Waals surface area (Å²) in [7, 11) is 0. The Kier molecular flexibility index (Phi) is 2.89. The Morgan fingerprint density at radius 2 is 2.08 bits per heavy atom. The van der Waals surface area contributed by atoms with Gasteiger partial charge in [-0.2, -0.15) is 0 Å². The van der Waals surface area contributed by atoms with Gasteiger partial charge < -0.3 is 10.5 Å². The second-order valence-corrected chi connectivity index (χ2v) is 4.84. The molecule has 0 aromatic carbocycles. The van der Waals surface area contributed by atoms with E-state index in [0.717, 1.165) is 19.1 Å². The fourth-order valence-electron chi connectivity index (χ4n) is 2.63. The largest absolute Gasteiger partial charge is 0.381 e. The SMILES string of the molecule is NC1(CCC2CCOC2)CCCC1. The minimum atomic E-state index is 0.197. The van der Waals surface area contributed by atoms with Crippen LogP contribution in [-0.4, -0.2) is 18.8 Å². The lowest BCUT2D eigenvalue weighted by Gasteiger charge is -2.24. The maximum absolute atomic E-state index is 6.30. The van der Waals surface area contributed by atoms with Gasteiger partial charge in [0, 0.05) is 18.8 Å². The van der Waals surface area contributed by atoms with Crippen LogP contribution in [0.4, 0.5) is 0 Å². The van der Waals surface area contributed by atoms with Crippen LogP contribution >= 0.6 is 0 Å². The first-order valence-electron chi connectivity index (χ1n) is 5.65. The molecule has 1 saturated carbocycles. The zero-order valence-electron chi connectivity index (χ0n) is 8.43. The summed E-state index contributed by atoms with van der Waals surface area (Å²) < 4.78 is 5.36. The summed E-state index contributed by atoms with van der Waals surface area (Å²) >= 11 is 0. The summed E-state index contributed by atoms with van der Waals surface area (Å²) in [6.07, 6.45) is 8.96. The van der Waals surface area contributed by atoms with Gasteiger partial charge in [0.15, 0.2) is 0 Å². The van der Waals surface area contributed by atoms with Gasteiger partial charge >= 0.3 is 0 Å². The summed E-state index contributed by atoms with van der Waals surface area (Å²) in [5.41, 5.74) is 6.49. The highest BCUT2D eigenvalue weighted by Gasteiger charge is 2.30. The van der Waals surface area contributed by atoms with Crippen LogP contribution in [0.1, 0.15) is 44.9 Å². The number of hydrogen-bond donors (Lipinski definition) is 1. The molecule has 2 fully saturated rings. The van der Waals surface area contributed by atoms with Crippen molar-refractivity contribution in [2.24, 2.45) is 11.7 Å². The van der Waals surface area contributed by atoms with E-state index in [-0.39, 0.29) is 5.54 Å². The minimum absolute atomic E-state index is 0.197. The maximum atomic E-state index is 6.30. The van der Waals surface area contributed by atoms with Crippen molar-refractivity contribution in [3.63, 3.8) is 0 Å². The van der Waals surface area contributed by atoms with Crippen molar-refractivity contribution in [2.45, 2.75) is 50.5 Å². The first-order chi connectivity index (χ1) is 6.29. The van der Waals surface area contributed by atoms with Gasteiger partial charge in [-0.1, -0.05) is 12.8 Å². The van der Waals surface area contributed by atoms with Gasteiger partial charge in [0.25, 0.3) is 0 Å². The molecule has 2 rings (SSSR count). The Balaban J connectivity index is 1.71. The molecule has 76 valence electrons. The summed E-state index contributed by atoms with van der Waals surface area (Å²) in [5.74, 6) is 0.807. The molecule has 0 bridgehead atoms. The van der Waals surface area contributed by atoms with Gasteiger partial charge in [-0.25, -0.2) is 0 Å². The third kappa shape index (κ3) is 2.44. The molecule has 1 atom stereocenters. The smallest absolute Gasteiger partial charge is 0.0495 e. The first-order valence-corrected chi connectivity index (χ1v) is 5.65. The van der Waals surface area contributed by atoms with Gasteiger partial charge in [-0.3, -0.25) is 0 Å². The topological polar surface area (TPSA) is 35.2 Å². The lowest BCUT2D eigenvalue weighted by molar-refractivity contribution is 0.181. The molecule has 1 saturated heterocycles. The van der Waals surface area contributed by atoms with Crippen molar-refractivity contribution in [1.82, 2.24) is 0 Å². The Labute approximate surface area is 80.8 Å². The number of hydrogen-bond acceptors (Lipinski definition) is 2. The van der Waals surface area contributed by atoms with Gasteiger partial charge in [-0.15, -0.1) is 0 Å². The van der Waals surface area contributed by atoms with Crippen LogP contribution in [0.5, 0.6) is 0 Å². The van der Waals surface area contributed by atoms with E-state index in [4.69, 9.17) is 10.5 Å². The average molecular weight is 183 g/mol. The standard InChI is InChI=1S/C11H21NO/c12-11(5-1-2-6-11)7-3-10-4-8-13-9-10/h10H,1-9,12H2. The number of rotatable bonds is 3. The molecule has 0 spiro atoms. The average Bonchev–Trinajstić information content (AvgIpc) is 2.72. The van der Waals surface area contributed by atoms with Crippen molar-refractivity contribution in [1.29, 1.82) is 0 Å². The van der Waals surface area contributed by atoms with Crippen LogP contribution in [0.15, 0.2) is 0 Å². The molecule has 2 nitrogen and oxygen atoms in total. The fourth-order valence-corrected chi connectivity index (χ4v) is 2.63. The van der Waals surface area contributed by atoms with Gasteiger partial charge in [0.2, 0.25) is 0 Å². The minimum Gasteiger partial charge on any atom is -0.381 e. The Morgan fingerprint density at radius 3 is 2.69 bits per heavy atom. The van der Waals surface area contributed by atoms with E-state index in [1.54, 1.807) is 0 Å².